The van der Waals surface area contributed by atoms with E-state index in [-0.39, 0.29) is 9.77 Å². The van der Waals surface area contributed by atoms with Crippen molar-refractivity contribution in [3.63, 3.8) is 0 Å². The maximum Gasteiger partial charge on any atom is 0.345 e. The standard InChI is InChI=1S/C12H18N2O4S2/c1-3-13-4-6-14(7-5-13)20(17,18)11-8-10(12(15)16)19-9(11)2/h8H,3-7H2,1-2H3,(H,15,16). The lowest BCUT2D eigenvalue weighted by atomic mass is 10.4. The Balaban J connectivity index is 2.25. The second-order valence-electron chi connectivity index (χ2n) is 4.67. The lowest BCUT2D eigenvalue weighted by Gasteiger charge is -2.33. The average molecular weight is 318 g/mol. The zero-order valence-electron chi connectivity index (χ0n) is 11.5. The number of hydrogen-bond donors (Lipinski definition) is 1. The van der Waals surface area contributed by atoms with Crippen molar-refractivity contribution in [3.05, 3.63) is 15.8 Å². The third-order valence-corrected chi connectivity index (χ3v) is 6.67. The lowest BCUT2D eigenvalue weighted by molar-refractivity contribution is 0.0702. The van der Waals surface area contributed by atoms with Crippen LogP contribution in [0.4, 0.5) is 0 Å². The monoisotopic (exact) mass is 318 g/mol. The van der Waals surface area contributed by atoms with E-state index in [0.717, 1.165) is 17.9 Å². The molecule has 1 saturated heterocycles. The van der Waals surface area contributed by atoms with E-state index in [2.05, 4.69) is 4.90 Å². The number of nitrogens with zero attached hydrogens (tertiary/aromatic N) is 2. The maximum absolute atomic E-state index is 12.6. The highest BCUT2D eigenvalue weighted by Crippen LogP contribution is 2.28. The molecule has 112 valence electrons. The van der Waals surface area contributed by atoms with Crippen molar-refractivity contribution in [1.82, 2.24) is 9.21 Å². The molecule has 0 radical (unpaired) electrons. The average Bonchev–Trinajstić information content (AvgIpc) is 2.82. The zero-order chi connectivity index (χ0) is 14.9. The molecular formula is C12H18N2O4S2. The van der Waals surface area contributed by atoms with Gasteiger partial charge in [-0.25, -0.2) is 13.2 Å². The minimum atomic E-state index is -3.58. The van der Waals surface area contributed by atoms with E-state index in [1.807, 2.05) is 6.92 Å². The summed E-state index contributed by atoms with van der Waals surface area (Å²) in [7, 11) is -3.58. The fourth-order valence-electron chi connectivity index (χ4n) is 2.25. The Hall–Kier alpha value is -0.960. The number of piperazine rings is 1. The molecule has 0 atom stereocenters. The van der Waals surface area contributed by atoms with E-state index >= 15 is 0 Å². The molecule has 2 rings (SSSR count). The van der Waals surface area contributed by atoms with Gasteiger partial charge in [0.2, 0.25) is 10.0 Å². The van der Waals surface area contributed by atoms with Gasteiger partial charge < -0.3 is 10.0 Å². The summed E-state index contributed by atoms with van der Waals surface area (Å²) in [6.45, 7) is 6.93. The molecule has 1 aromatic heterocycles. The minimum absolute atomic E-state index is 0.0632. The number of carboxylic acid groups (broad SMARTS) is 1. The number of likely N-dealkylation sites (N-methyl/N-ethyl adjacent to an activating group) is 1. The molecule has 6 nitrogen and oxygen atoms in total. The lowest BCUT2D eigenvalue weighted by Crippen LogP contribution is -2.48. The fraction of sp³-hybridized carbons (Fsp3) is 0.583. The molecule has 8 heteroatoms. The summed E-state index contributed by atoms with van der Waals surface area (Å²) < 4.78 is 26.6. The van der Waals surface area contributed by atoms with Crippen molar-refractivity contribution in [3.8, 4) is 0 Å². The molecule has 0 spiro atoms. The quantitative estimate of drug-likeness (QED) is 0.899. The molecule has 0 amide bonds. The molecule has 2 heterocycles. The van der Waals surface area contributed by atoms with Gasteiger partial charge in [0, 0.05) is 31.1 Å². The topological polar surface area (TPSA) is 77.9 Å². The molecule has 0 aromatic carbocycles. The van der Waals surface area contributed by atoms with Gasteiger partial charge in [-0.2, -0.15) is 4.31 Å². The Morgan fingerprint density at radius 3 is 2.40 bits per heavy atom. The number of carboxylic acids is 1. The first kappa shape index (κ1) is 15.4. The Labute approximate surface area is 122 Å². The Bertz CT molecular complexity index is 601. The molecule has 0 saturated carbocycles. The van der Waals surface area contributed by atoms with Gasteiger partial charge >= 0.3 is 5.97 Å². The fourth-order valence-corrected chi connectivity index (χ4v) is 5.07. The Kier molecular flexibility index (Phi) is 4.48. The van der Waals surface area contributed by atoms with Gasteiger partial charge in [-0.05, 0) is 19.5 Å². The molecule has 20 heavy (non-hydrogen) atoms. The Morgan fingerprint density at radius 1 is 1.35 bits per heavy atom. The molecule has 1 aliphatic heterocycles. The number of aryl methyl sites for hydroxylation is 1. The number of rotatable bonds is 4. The number of hydrogen-bond acceptors (Lipinski definition) is 5. The Morgan fingerprint density at radius 2 is 1.95 bits per heavy atom. The first-order valence-electron chi connectivity index (χ1n) is 6.42. The highest BCUT2D eigenvalue weighted by atomic mass is 32.2. The van der Waals surface area contributed by atoms with E-state index in [1.54, 1.807) is 6.92 Å². The molecule has 1 aliphatic rings. The number of aromatic carboxylic acids is 1. The number of sulfonamides is 1. The first-order valence-corrected chi connectivity index (χ1v) is 8.68. The summed E-state index contributed by atoms with van der Waals surface area (Å²) >= 11 is 1.00. The van der Waals surface area contributed by atoms with Crippen LogP contribution >= 0.6 is 11.3 Å². The molecule has 1 fully saturated rings. The molecule has 0 bridgehead atoms. The third-order valence-electron chi connectivity index (χ3n) is 3.48. The third kappa shape index (κ3) is 2.88. The zero-order valence-corrected chi connectivity index (χ0v) is 13.1. The van der Waals surface area contributed by atoms with Crippen LogP contribution in [-0.4, -0.2) is 61.4 Å². The van der Waals surface area contributed by atoms with Crippen LogP contribution in [0.1, 0.15) is 21.5 Å². The van der Waals surface area contributed by atoms with E-state index in [1.165, 1.54) is 10.4 Å². The van der Waals surface area contributed by atoms with E-state index in [0.29, 0.717) is 31.1 Å². The molecule has 1 N–H and O–H groups in total. The van der Waals surface area contributed by atoms with Crippen molar-refractivity contribution < 1.29 is 18.3 Å². The number of carbonyl (C=O) groups is 1. The van der Waals surface area contributed by atoms with Crippen LogP contribution in [0.2, 0.25) is 0 Å². The van der Waals surface area contributed by atoms with Crippen molar-refractivity contribution >= 4 is 27.3 Å². The van der Waals surface area contributed by atoms with Crippen LogP contribution in [0.5, 0.6) is 0 Å². The molecule has 0 aliphatic carbocycles. The maximum atomic E-state index is 12.6. The van der Waals surface area contributed by atoms with Gasteiger partial charge in [0.25, 0.3) is 0 Å². The highest BCUT2D eigenvalue weighted by molar-refractivity contribution is 7.89. The second-order valence-corrected chi connectivity index (χ2v) is 7.84. The van der Waals surface area contributed by atoms with Crippen molar-refractivity contribution in [2.75, 3.05) is 32.7 Å². The van der Waals surface area contributed by atoms with Crippen LogP contribution in [0.15, 0.2) is 11.0 Å². The van der Waals surface area contributed by atoms with E-state index < -0.39 is 16.0 Å². The summed E-state index contributed by atoms with van der Waals surface area (Å²) in [5.74, 6) is -1.09. The summed E-state index contributed by atoms with van der Waals surface area (Å²) in [6.07, 6.45) is 0. The predicted octanol–water partition coefficient (Wildman–Crippen LogP) is 1.08. The van der Waals surface area contributed by atoms with Crippen LogP contribution in [-0.2, 0) is 10.0 Å². The summed E-state index contributed by atoms with van der Waals surface area (Å²) in [6, 6.07) is 1.27. The SMILES string of the molecule is CCN1CCN(S(=O)(=O)c2cc(C(=O)O)sc2C)CC1. The van der Waals surface area contributed by atoms with Crippen LogP contribution in [0, 0.1) is 6.92 Å². The van der Waals surface area contributed by atoms with Crippen molar-refractivity contribution in [2.45, 2.75) is 18.7 Å². The van der Waals surface area contributed by atoms with Crippen molar-refractivity contribution in [2.24, 2.45) is 0 Å². The number of thiophene rings is 1. The van der Waals surface area contributed by atoms with Gasteiger partial charge in [-0.15, -0.1) is 11.3 Å². The van der Waals surface area contributed by atoms with Crippen LogP contribution in [0.3, 0.4) is 0 Å². The molecular weight excluding hydrogens is 300 g/mol. The second kappa shape index (κ2) is 5.80. The largest absolute Gasteiger partial charge is 0.477 e. The first-order chi connectivity index (χ1) is 9.36. The van der Waals surface area contributed by atoms with Crippen molar-refractivity contribution in [1.29, 1.82) is 0 Å². The van der Waals surface area contributed by atoms with E-state index in [4.69, 9.17) is 5.11 Å². The van der Waals surface area contributed by atoms with Gasteiger partial charge in [0.05, 0.1) is 4.90 Å². The minimum Gasteiger partial charge on any atom is -0.477 e. The normalized spacial score (nSPS) is 18.3. The molecule has 1 aromatic rings. The smallest absolute Gasteiger partial charge is 0.345 e. The van der Waals surface area contributed by atoms with Gasteiger partial charge in [-0.3, -0.25) is 0 Å². The van der Waals surface area contributed by atoms with Crippen LogP contribution < -0.4 is 0 Å². The summed E-state index contributed by atoms with van der Waals surface area (Å²) in [5.41, 5.74) is 0. The predicted molar refractivity (Wildman–Crippen MR) is 76.9 cm³/mol. The van der Waals surface area contributed by atoms with Gasteiger partial charge in [0.15, 0.2) is 0 Å². The van der Waals surface area contributed by atoms with Gasteiger partial charge in [-0.1, -0.05) is 6.92 Å². The van der Waals surface area contributed by atoms with E-state index in [9.17, 15) is 13.2 Å². The molecule has 0 unspecified atom stereocenters. The van der Waals surface area contributed by atoms with Gasteiger partial charge in [0.1, 0.15) is 4.88 Å². The van der Waals surface area contributed by atoms with Crippen LogP contribution in [0.25, 0.3) is 0 Å². The summed E-state index contributed by atoms with van der Waals surface area (Å²) in [4.78, 5) is 13.9. The highest BCUT2D eigenvalue weighted by Gasteiger charge is 2.31. The summed E-state index contributed by atoms with van der Waals surface area (Å²) in [5, 5.41) is 8.96.